The van der Waals surface area contributed by atoms with Crippen LogP contribution in [0.4, 0.5) is 0 Å². The summed E-state index contributed by atoms with van der Waals surface area (Å²) in [4.78, 5) is 9.66. The molecule has 1 aromatic heterocycles. The molecule has 0 saturated carbocycles. The fourth-order valence-corrected chi connectivity index (χ4v) is 3.75. The van der Waals surface area contributed by atoms with E-state index in [4.69, 9.17) is 9.26 Å². The number of ether oxygens (including phenoxy) is 1. The van der Waals surface area contributed by atoms with Gasteiger partial charge in [0.1, 0.15) is 0 Å². The van der Waals surface area contributed by atoms with Gasteiger partial charge in [0, 0.05) is 31.2 Å². The van der Waals surface area contributed by atoms with Gasteiger partial charge in [-0.05, 0) is 31.5 Å². The summed E-state index contributed by atoms with van der Waals surface area (Å²) in [5.74, 6) is 1.39. The van der Waals surface area contributed by atoms with Crippen LogP contribution in [-0.2, 0) is 11.3 Å². The van der Waals surface area contributed by atoms with Crippen molar-refractivity contribution < 1.29 is 9.26 Å². The summed E-state index contributed by atoms with van der Waals surface area (Å²) < 4.78 is 10.9. The molecule has 0 N–H and O–H groups in total. The Bertz CT molecular complexity index is 654. The number of hydrogen-bond donors (Lipinski definition) is 0. The number of likely N-dealkylation sites (tertiary alicyclic amines) is 1. The molecule has 4 rings (SSSR count). The van der Waals surface area contributed by atoms with Crippen LogP contribution < -0.4 is 0 Å². The second kappa shape index (κ2) is 8.08. The van der Waals surface area contributed by atoms with Gasteiger partial charge in [0.2, 0.25) is 0 Å². The van der Waals surface area contributed by atoms with Crippen molar-refractivity contribution in [3.8, 4) is 11.5 Å². The zero-order chi connectivity index (χ0) is 16.9. The lowest BCUT2D eigenvalue weighted by atomic mass is 10.0. The van der Waals surface area contributed by atoms with Crippen molar-refractivity contribution in [2.45, 2.75) is 31.8 Å². The molecule has 1 atom stereocenters. The third-order valence-corrected chi connectivity index (χ3v) is 5.16. The zero-order valence-electron chi connectivity index (χ0n) is 14.6. The number of morpholine rings is 1. The van der Waals surface area contributed by atoms with E-state index in [0.29, 0.717) is 11.9 Å². The van der Waals surface area contributed by atoms with Gasteiger partial charge in [-0.15, -0.1) is 0 Å². The molecule has 3 heterocycles. The van der Waals surface area contributed by atoms with Crippen LogP contribution in [-0.4, -0.2) is 65.4 Å². The first-order chi connectivity index (χ1) is 12.4. The van der Waals surface area contributed by atoms with E-state index in [1.165, 1.54) is 19.3 Å². The summed E-state index contributed by atoms with van der Waals surface area (Å²) in [6.07, 6.45) is 3.82. The molecular weight excluding hydrogens is 316 g/mol. The van der Waals surface area contributed by atoms with Crippen molar-refractivity contribution in [3.05, 3.63) is 36.2 Å². The third kappa shape index (κ3) is 4.26. The molecule has 2 aliphatic rings. The molecule has 0 amide bonds. The summed E-state index contributed by atoms with van der Waals surface area (Å²) in [6.45, 7) is 6.81. The van der Waals surface area contributed by atoms with E-state index in [0.717, 1.165) is 57.3 Å². The Balaban J connectivity index is 1.40. The van der Waals surface area contributed by atoms with Crippen LogP contribution in [0.3, 0.4) is 0 Å². The number of hydrogen-bond acceptors (Lipinski definition) is 6. The van der Waals surface area contributed by atoms with Gasteiger partial charge in [-0.1, -0.05) is 29.8 Å². The van der Waals surface area contributed by atoms with Crippen LogP contribution in [0.1, 0.15) is 25.1 Å². The molecule has 0 spiro atoms. The van der Waals surface area contributed by atoms with Gasteiger partial charge in [-0.25, -0.2) is 0 Å². The number of benzene rings is 1. The lowest BCUT2D eigenvalue weighted by Crippen LogP contribution is -2.49. The fourth-order valence-electron chi connectivity index (χ4n) is 3.75. The maximum absolute atomic E-state index is 5.47. The van der Waals surface area contributed by atoms with Crippen LogP contribution in [0, 0.1) is 0 Å². The number of aromatic nitrogens is 2. The van der Waals surface area contributed by atoms with Crippen LogP contribution in [0.25, 0.3) is 11.5 Å². The van der Waals surface area contributed by atoms with Crippen LogP contribution in [0.5, 0.6) is 0 Å². The first-order valence-electron chi connectivity index (χ1n) is 9.30. The van der Waals surface area contributed by atoms with Gasteiger partial charge in [0.25, 0.3) is 5.89 Å². The highest BCUT2D eigenvalue weighted by molar-refractivity contribution is 5.51. The number of rotatable bonds is 5. The fraction of sp³-hybridized carbons (Fsp3) is 0.579. The average Bonchev–Trinajstić information content (AvgIpc) is 3.14. The van der Waals surface area contributed by atoms with Crippen molar-refractivity contribution in [1.82, 2.24) is 19.9 Å². The van der Waals surface area contributed by atoms with Crippen molar-refractivity contribution in [2.75, 3.05) is 39.4 Å². The molecule has 6 nitrogen and oxygen atoms in total. The maximum Gasteiger partial charge on any atom is 0.257 e. The molecule has 6 heteroatoms. The van der Waals surface area contributed by atoms with Crippen molar-refractivity contribution >= 4 is 0 Å². The van der Waals surface area contributed by atoms with Gasteiger partial charge in [-0.3, -0.25) is 9.80 Å². The topological polar surface area (TPSA) is 54.6 Å². The normalized spacial score (nSPS) is 23.0. The van der Waals surface area contributed by atoms with E-state index in [-0.39, 0.29) is 0 Å². The summed E-state index contributed by atoms with van der Waals surface area (Å²) in [6, 6.07) is 10.5. The molecule has 134 valence electrons. The Morgan fingerprint density at radius 1 is 1.04 bits per heavy atom. The molecule has 1 aromatic carbocycles. The molecule has 2 aliphatic heterocycles. The van der Waals surface area contributed by atoms with Crippen LogP contribution >= 0.6 is 0 Å². The highest BCUT2D eigenvalue weighted by atomic mass is 16.5. The first-order valence-corrected chi connectivity index (χ1v) is 9.30. The van der Waals surface area contributed by atoms with E-state index >= 15 is 0 Å². The van der Waals surface area contributed by atoms with E-state index < -0.39 is 0 Å². The Labute approximate surface area is 148 Å². The van der Waals surface area contributed by atoms with Crippen LogP contribution in [0.2, 0.25) is 0 Å². The summed E-state index contributed by atoms with van der Waals surface area (Å²) in [5.41, 5.74) is 0.977. The molecule has 0 bridgehead atoms. The molecule has 0 unspecified atom stereocenters. The van der Waals surface area contributed by atoms with Gasteiger partial charge < -0.3 is 9.26 Å². The molecule has 2 aromatic rings. The monoisotopic (exact) mass is 342 g/mol. The minimum absolute atomic E-state index is 0.575. The predicted molar refractivity (Wildman–Crippen MR) is 95.0 cm³/mol. The maximum atomic E-state index is 5.47. The molecule has 0 radical (unpaired) electrons. The van der Waals surface area contributed by atoms with E-state index in [1.54, 1.807) is 0 Å². The Morgan fingerprint density at radius 2 is 1.88 bits per heavy atom. The number of nitrogens with zero attached hydrogens (tertiary/aromatic N) is 4. The SMILES string of the molecule is c1ccc(-c2nc(CN3CCCC[C@@H]3CN3CCOCC3)no2)cc1. The standard InChI is InChI=1S/C19H26N4O2/c1-2-6-16(7-3-1)19-20-18(21-25-19)15-23-9-5-4-8-17(23)14-22-10-12-24-13-11-22/h1-3,6-7,17H,4-5,8-15H2/t17-/m1/s1. The molecule has 0 aliphatic carbocycles. The van der Waals surface area contributed by atoms with Gasteiger partial charge >= 0.3 is 0 Å². The molecule has 25 heavy (non-hydrogen) atoms. The molecular formula is C19H26N4O2. The zero-order valence-corrected chi connectivity index (χ0v) is 14.6. The molecule has 2 saturated heterocycles. The quantitative estimate of drug-likeness (QED) is 0.832. The number of piperidine rings is 1. The van der Waals surface area contributed by atoms with E-state index in [2.05, 4.69) is 19.9 Å². The largest absolute Gasteiger partial charge is 0.379 e. The average molecular weight is 342 g/mol. The van der Waals surface area contributed by atoms with Crippen molar-refractivity contribution in [2.24, 2.45) is 0 Å². The molecule has 2 fully saturated rings. The van der Waals surface area contributed by atoms with Gasteiger partial charge in [0.05, 0.1) is 19.8 Å². The highest BCUT2D eigenvalue weighted by Crippen LogP contribution is 2.22. The van der Waals surface area contributed by atoms with E-state index in [1.807, 2.05) is 30.3 Å². The van der Waals surface area contributed by atoms with E-state index in [9.17, 15) is 0 Å². The van der Waals surface area contributed by atoms with Crippen molar-refractivity contribution in [1.29, 1.82) is 0 Å². The minimum Gasteiger partial charge on any atom is -0.379 e. The smallest absolute Gasteiger partial charge is 0.257 e. The second-order valence-electron chi connectivity index (χ2n) is 6.91. The summed E-state index contributed by atoms with van der Waals surface area (Å²) in [5, 5.41) is 4.21. The second-order valence-corrected chi connectivity index (χ2v) is 6.91. The Hall–Kier alpha value is -1.76. The van der Waals surface area contributed by atoms with Gasteiger partial charge in [-0.2, -0.15) is 4.98 Å². The highest BCUT2D eigenvalue weighted by Gasteiger charge is 2.26. The first kappa shape index (κ1) is 16.7. The van der Waals surface area contributed by atoms with Gasteiger partial charge in [0.15, 0.2) is 5.82 Å². The minimum atomic E-state index is 0.575. The third-order valence-electron chi connectivity index (χ3n) is 5.16. The Morgan fingerprint density at radius 3 is 2.72 bits per heavy atom. The lowest BCUT2D eigenvalue weighted by molar-refractivity contribution is 0.0148. The lowest BCUT2D eigenvalue weighted by Gasteiger charge is -2.39. The van der Waals surface area contributed by atoms with Crippen LogP contribution in [0.15, 0.2) is 34.9 Å². The summed E-state index contributed by atoms with van der Waals surface area (Å²) >= 11 is 0. The Kier molecular flexibility index (Phi) is 5.40. The summed E-state index contributed by atoms with van der Waals surface area (Å²) in [7, 11) is 0. The van der Waals surface area contributed by atoms with Crippen molar-refractivity contribution in [3.63, 3.8) is 0 Å². The predicted octanol–water partition coefficient (Wildman–Crippen LogP) is 2.42.